The lowest BCUT2D eigenvalue weighted by Crippen LogP contribution is -2.22. The Kier molecular flexibility index (Phi) is 5.26. The first-order chi connectivity index (χ1) is 12.1. The second-order valence-electron chi connectivity index (χ2n) is 5.55. The zero-order chi connectivity index (χ0) is 17.6. The lowest BCUT2D eigenvalue weighted by atomic mass is 10.2. The molecular weight excluding hydrogens is 336 g/mol. The molecule has 0 saturated carbocycles. The first-order valence-corrected chi connectivity index (χ1v) is 8.16. The second-order valence-corrected chi connectivity index (χ2v) is 5.99. The van der Waals surface area contributed by atoms with Crippen LogP contribution >= 0.6 is 11.6 Å². The summed E-state index contributed by atoms with van der Waals surface area (Å²) in [6.07, 6.45) is 5.00. The van der Waals surface area contributed by atoms with Crippen LogP contribution in [0.2, 0.25) is 5.02 Å². The molecular formula is C19H17ClN4O. The number of hydrogen-bond acceptors (Lipinski definition) is 4. The van der Waals surface area contributed by atoms with Crippen LogP contribution in [-0.4, -0.2) is 15.9 Å². The molecule has 0 saturated heterocycles. The third kappa shape index (κ3) is 4.55. The Morgan fingerprint density at radius 2 is 1.88 bits per heavy atom. The van der Waals surface area contributed by atoms with E-state index in [1.54, 1.807) is 30.7 Å². The van der Waals surface area contributed by atoms with Crippen molar-refractivity contribution in [1.29, 1.82) is 0 Å². The number of anilines is 2. The Balaban J connectivity index is 1.69. The number of nitrogens with zero attached hydrogens (tertiary/aromatic N) is 2. The summed E-state index contributed by atoms with van der Waals surface area (Å²) in [5.41, 5.74) is 3.43. The Labute approximate surface area is 151 Å². The number of aromatic nitrogens is 2. The first kappa shape index (κ1) is 16.9. The predicted molar refractivity (Wildman–Crippen MR) is 99.1 cm³/mol. The second kappa shape index (κ2) is 7.77. The highest BCUT2D eigenvalue weighted by Gasteiger charge is 2.08. The molecule has 0 unspecified atom stereocenters. The fourth-order valence-corrected chi connectivity index (χ4v) is 2.56. The summed E-state index contributed by atoms with van der Waals surface area (Å²) in [5, 5.41) is 6.78. The third-order valence-corrected chi connectivity index (χ3v) is 3.91. The van der Waals surface area contributed by atoms with Crippen molar-refractivity contribution >= 4 is 29.0 Å². The van der Waals surface area contributed by atoms with Crippen molar-refractivity contribution in [2.45, 2.75) is 13.5 Å². The van der Waals surface area contributed by atoms with Gasteiger partial charge >= 0.3 is 0 Å². The van der Waals surface area contributed by atoms with Gasteiger partial charge in [0.25, 0.3) is 5.91 Å². The number of rotatable bonds is 5. The van der Waals surface area contributed by atoms with Crippen molar-refractivity contribution < 1.29 is 4.79 Å². The maximum Gasteiger partial charge on any atom is 0.251 e. The van der Waals surface area contributed by atoms with Crippen molar-refractivity contribution in [3.63, 3.8) is 0 Å². The summed E-state index contributed by atoms with van der Waals surface area (Å²) < 4.78 is 0. The molecule has 2 N–H and O–H groups in total. The average molecular weight is 353 g/mol. The van der Waals surface area contributed by atoms with Crippen LogP contribution in [0.1, 0.15) is 21.5 Å². The van der Waals surface area contributed by atoms with Gasteiger partial charge in [-0.25, -0.2) is 4.98 Å². The van der Waals surface area contributed by atoms with Crippen molar-refractivity contribution in [1.82, 2.24) is 15.3 Å². The van der Waals surface area contributed by atoms with Crippen LogP contribution in [0.25, 0.3) is 0 Å². The predicted octanol–water partition coefficient (Wildman–Crippen LogP) is 4.11. The van der Waals surface area contributed by atoms with Crippen molar-refractivity contribution in [2.75, 3.05) is 5.32 Å². The molecule has 0 spiro atoms. The summed E-state index contributed by atoms with van der Waals surface area (Å²) in [6, 6.07) is 12.7. The summed E-state index contributed by atoms with van der Waals surface area (Å²) in [4.78, 5) is 20.6. The third-order valence-electron chi connectivity index (χ3n) is 3.68. The SMILES string of the molecule is Cc1cc(Cl)ccc1Nc1cc(C(=O)NCc2ccncc2)ccn1. The van der Waals surface area contributed by atoms with Gasteiger partial charge in [-0.15, -0.1) is 0 Å². The lowest BCUT2D eigenvalue weighted by molar-refractivity contribution is 0.0951. The minimum absolute atomic E-state index is 0.157. The number of carbonyl (C=O) groups is 1. The standard InChI is InChI=1S/C19H17ClN4O/c1-13-10-16(20)2-3-17(13)24-18-11-15(6-9-22-18)19(25)23-12-14-4-7-21-8-5-14/h2-11H,12H2,1H3,(H,22,24)(H,23,25). The molecule has 2 heterocycles. The molecule has 0 radical (unpaired) electrons. The molecule has 0 atom stereocenters. The van der Waals surface area contributed by atoms with Crippen LogP contribution in [0.4, 0.5) is 11.5 Å². The highest BCUT2D eigenvalue weighted by atomic mass is 35.5. The molecule has 126 valence electrons. The van der Waals surface area contributed by atoms with E-state index >= 15 is 0 Å². The largest absolute Gasteiger partial charge is 0.348 e. The Hall–Kier alpha value is -2.92. The molecule has 1 aromatic carbocycles. The molecule has 5 nitrogen and oxygen atoms in total. The molecule has 6 heteroatoms. The first-order valence-electron chi connectivity index (χ1n) is 7.78. The maximum absolute atomic E-state index is 12.3. The van der Waals surface area contributed by atoms with E-state index in [-0.39, 0.29) is 5.91 Å². The molecule has 2 aromatic heterocycles. The van der Waals surface area contributed by atoms with Gasteiger partial charge in [-0.05, 0) is 60.5 Å². The van der Waals surface area contributed by atoms with Gasteiger partial charge in [-0.2, -0.15) is 0 Å². The fourth-order valence-electron chi connectivity index (χ4n) is 2.33. The molecule has 0 aliphatic carbocycles. The molecule has 3 rings (SSSR count). The quantitative estimate of drug-likeness (QED) is 0.725. The van der Waals surface area contributed by atoms with Crippen LogP contribution in [0.15, 0.2) is 61.1 Å². The van der Waals surface area contributed by atoms with E-state index in [9.17, 15) is 4.79 Å². The zero-order valence-corrected chi connectivity index (χ0v) is 14.4. The van der Waals surface area contributed by atoms with Gasteiger partial charge in [0.05, 0.1) is 0 Å². The van der Waals surface area contributed by atoms with Crippen molar-refractivity contribution in [3.05, 3.63) is 82.8 Å². The minimum atomic E-state index is -0.157. The summed E-state index contributed by atoms with van der Waals surface area (Å²) in [7, 11) is 0. The van der Waals surface area contributed by atoms with Crippen LogP contribution in [0, 0.1) is 6.92 Å². The van der Waals surface area contributed by atoms with E-state index < -0.39 is 0 Å². The van der Waals surface area contributed by atoms with E-state index in [2.05, 4.69) is 20.6 Å². The maximum atomic E-state index is 12.3. The van der Waals surface area contributed by atoms with Gasteiger partial charge < -0.3 is 10.6 Å². The van der Waals surface area contributed by atoms with Gasteiger partial charge in [0.1, 0.15) is 5.82 Å². The summed E-state index contributed by atoms with van der Waals surface area (Å²) in [6.45, 7) is 2.40. The van der Waals surface area contributed by atoms with E-state index in [0.29, 0.717) is 22.9 Å². The number of carbonyl (C=O) groups excluding carboxylic acids is 1. The fraction of sp³-hybridized carbons (Fsp3) is 0.105. The smallest absolute Gasteiger partial charge is 0.251 e. The average Bonchev–Trinajstić information content (AvgIpc) is 2.63. The van der Waals surface area contributed by atoms with Crippen LogP contribution in [-0.2, 0) is 6.54 Å². The number of aryl methyl sites for hydroxylation is 1. The Bertz CT molecular complexity index is 884. The number of hydrogen-bond donors (Lipinski definition) is 2. The van der Waals surface area contributed by atoms with Gasteiger partial charge in [0.15, 0.2) is 0 Å². The molecule has 1 amide bonds. The Morgan fingerprint density at radius 1 is 1.08 bits per heavy atom. The minimum Gasteiger partial charge on any atom is -0.348 e. The van der Waals surface area contributed by atoms with E-state index in [1.165, 1.54) is 0 Å². The molecule has 25 heavy (non-hydrogen) atoms. The number of nitrogens with one attached hydrogen (secondary N) is 2. The molecule has 0 fully saturated rings. The monoisotopic (exact) mass is 352 g/mol. The van der Waals surface area contributed by atoms with Crippen LogP contribution in [0.3, 0.4) is 0 Å². The number of pyridine rings is 2. The van der Waals surface area contributed by atoms with Crippen LogP contribution in [0.5, 0.6) is 0 Å². The van der Waals surface area contributed by atoms with Crippen molar-refractivity contribution in [3.8, 4) is 0 Å². The molecule has 3 aromatic rings. The molecule has 0 bridgehead atoms. The van der Waals surface area contributed by atoms with Gasteiger partial charge in [-0.3, -0.25) is 9.78 Å². The van der Waals surface area contributed by atoms with E-state index in [1.807, 2.05) is 37.3 Å². The molecule has 0 aliphatic heterocycles. The topological polar surface area (TPSA) is 66.9 Å². The van der Waals surface area contributed by atoms with Gasteiger partial charge in [0, 0.05) is 41.4 Å². The highest BCUT2D eigenvalue weighted by molar-refractivity contribution is 6.30. The lowest BCUT2D eigenvalue weighted by Gasteiger charge is -2.10. The van der Waals surface area contributed by atoms with Crippen molar-refractivity contribution in [2.24, 2.45) is 0 Å². The summed E-state index contributed by atoms with van der Waals surface area (Å²) >= 11 is 5.97. The van der Waals surface area contributed by atoms with Crippen LogP contribution < -0.4 is 10.6 Å². The van der Waals surface area contributed by atoms with Gasteiger partial charge in [0.2, 0.25) is 0 Å². The normalized spacial score (nSPS) is 10.3. The Morgan fingerprint density at radius 3 is 2.64 bits per heavy atom. The number of halogens is 1. The van der Waals surface area contributed by atoms with E-state index in [4.69, 9.17) is 11.6 Å². The molecule has 0 aliphatic rings. The van der Waals surface area contributed by atoms with E-state index in [0.717, 1.165) is 16.8 Å². The zero-order valence-electron chi connectivity index (χ0n) is 13.7. The highest BCUT2D eigenvalue weighted by Crippen LogP contribution is 2.23. The van der Waals surface area contributed by atoms with Gasteiger partial charge in [-0.1, -0.05) is 11.6 Å². The number of benzene rings is 1. The number of amides is 1. The summed E-state index contributed by atoms with van der Waals surface area (Å²) in [5.74, 6) is 0.442.